The van der Waals surface area contributed by atoms with Crippen molar-refractivity contribution < 1.29 is 23.7 Å². The number of carbonyl (C=O) groups excluding carboxylic acids is 1. The highest BCUT2D eigenvalue weighted by Crippen LogP contribution is 2.48. The molecule has 2 fully saturated rings. The number of ether oxygens (including phenoxy) is 4. The van der Waals surface area contributed by atoms with E-state index < -0.39 is 0 Å². The number of aromatic nitrogens is 2. The molecule has 0 spiro atoms. The summed E-state index contributed by atoms with van der Waals surface area (Å²) in [6.07, 6.45) is 9.03. The van der Waals surface area contributed by atoms with Crippen LogP contribution in [0.3, 0.4) is 0 Å². The number of pyridine rings is 1. The molecule has 10 nitrogen and oxygen atoms in total. The summed E-state index contributed by atoms with van der Waals surface area (Å²) in [5.41, 5.74) is 6.11. The lowest BCUT2D eigenvalue weighted by Crippen LogP contribution is -2.43. The quantitative estimate of drug-likeness (QED) is 0.139. The Labute approximate surface area is 283 Å². The van der Waals surface area contributed by atoms with Gasteiger partial charge in [0.15, 0.2) is 0 Å². The highest BCUT2D eigenvalue weighted by molar-refractivity contribution is 6.41. The number of amides is 1. The first-order chi connectivity index (χ1) is 22.7. The molecule has 2 aromatic carbocycles. The predicted molar refractivity (Wildman–Crippen MR) is 188 cm³/mol. The molecular weight excluding hydrogens is 641 g/mol. The summed E-state index contributed by atoms with van der Waals surface area (Å²) in [5.74, 6) is 1.10. The van der Waals surface area contributed by atoms with Crippen LogP contribution in [0.2, 0.25) is 10.0 Å². The number of halogens is 2. The van der Waals surface area contributed by atoms with Crippen molar-refractivity contribution in [1.82, 2.24) is 9.38 Å². The lowest BCUT2D eigenvalue weighted by atomic mass is 10.0. The number of nitrogens with zero attached hydrogens (tertiary/aromatic N) is 4. The third-order valence-electron chi connectivity index (χ3n) is 8.61. The molecule has 2 unspecified atom stereocenters. The zero-order chi connectivity index (χ0) is 33.4. The van der Waals surface area contributed by atoms with Gasteiger partial charge in [-0.1, -0.05) is 29.8 Å². The maximum atomic E-state index is 12.6. The van der Waals surface area contributed by atoms with Crippen molar-refractivity contribution >= 4 is 64.6 Å². The number of carbonyl (C=O) groups is 1. The predicted octanol–water partition coefficient (Wildman–Crippen LogP) is 7.33. The molecule has 2 aliphatic heterocycles. The Kier molecular flexibility index (Phi) is 9.18. The Bertz CT molecular complexity index is 1900. The molecule has 2 aromatic heterocycles. The van der Waals surface area contributed by atoms with Gasteiger partial charge in [0.1, 0.15) is 22.9 Å². The molecule has 6 rings (SSSR count). The third-order valence-corrected chi connectivity index (χ3v) is 9.36. The molecule has 0 saturated carbocycles. The first kappa shape index (κ1) is 32.4. The van der Waals surface area contributed by atoms with Crippen molar-refractivity contribution in [3.63, 3.8) is 0 Å². The second-order valence-corrected chi connectivity index (χ2v) is 12.1. The number of hydrogen-bond donors (Lipinski definition) is 1. The van der Waals surface area contributed by atoms with E-state index in [0.29, 0.717) is 61.0 Å². The number of nitrogens with one attached hydrogen (secondary N) is 1. The lowest BCUT2D eigenvalue weighted by Gasteiger charge is -2.35. The number of fused-ring (bicyclic) bond motifs is 3. The van der Waals surface area contributed by atoms with Crippen LogP contribution < -0.4 is 24.4 Å². The minimum Gasteiger partial charge on any atom is -0.496 e. The van der Waals surface area contributed by atoms with Gasteiger partial charge in [-0.2, -0.15) is 0 Å². The maximum Gasteiger partial charge on any atom is 0.247 e. The lowest BCUT2D eigenvalue weighted by molar-refractivity contribution is -0.111. The fourth-order valence-electron chi connectivity index (χ4n) is 6.36. The van der Waals surface area contributed by atoms with Crippen molar-refractivity contribution in [1.29, 1.82) is 0 Å². The van der Waals surface area contributed by atoms with Crippen LogP contribution in [0.15, 0.2) is 54.3 Å². The van der Waals surface area contributed by atoms with Gasteiger partial charge in [-0.05, 0) is 56.3 Å². The zero-order valence-corrected chi connectivity index (χ0v) is 28.1. The first-order valence-corrected chi connectivity index (χ1v) is 15.8. The van der Waals surface area contributed by atoms with E-state index in [1.165, 1.54) is 20.3 Å². The molecule has 0 radical (unpaired) electrons. The zero-order valence-electron chi connectivity index (χ0n) is 26.6. The second-order valence-electron chi connectivity index (χ2n) is 11.3. The summed E-state index contributed by atoms with van der Waals surface area (Å²) < 4.78 is 24.9. The van der Waals surface area contributed by atoms with Crippen LogP contribution in [0, 0.1) is 6.92 Å². The molecule has 0 aliphatic carbocycles. The fourth-order valence-corrected chi connectivity index (χ4v) is 7.07. The Balaban J connectivity index is 1.50. The average Bonchev–Trinajstić information content (AvgIpc) is 3.70. The normalized spacial score (nSPS) is 17.5. The standard InChI is InChI=1S/C35H35Cl2N5O5/c1-7-31(43)40-25-13-22(28(44-4)15-27(25)41-17-20-8-9-21(18-41)47-20)24(38-3)14-26-19(2)12-23(35-39-10-11-42(26)35)32-33(36)29(45-5)16-30(46-6)34(32)37/h7,10-16,20-21H,1,3,8-9,17-18H2,2,4-6H3,(H,40,43)/b24-14-. The van der Waals surface area contributed by atoms with Gasteiger partial charge < -0.3 is 29.2 Å². The largest absolute Gasteiger partial charge is 0.496 e. The monoisotopic (exact) mass is 675 g/mol. The Hall–Kier alpha value is -4.51. The highest BCUT2D eigenvalue weighted by Gasteiger charge is 2.35. The van der Waals surface area contributed by atoms with Gasteiger partial charge in [-0.15, -0.1) is 0 Å². The van der Waals surface area contributed by atoms with E-state index in [4.69, 9.17) is 42.1 Å². The van der Waals surface area contributed by atoms with E-state index in [2.05, 4.69) is 33.5 Å². The van der Waals surface area contributed by atoms with Crippen molar-refractivity contribution in [2.45, 2.75) is 32.0 Å². The minimum atomic E-state index is -0.325. The van der Waals surface area contributed by atoms with Crippen LogP contribution in [0.5, 0.6) is 17.2 Å². The van der Waals surface area contributed by atoms with E-state index in [-0.39, 0.29) is 18.1 Å². The van der Waals surface area contributed by atoms with Gasteiger partial charge in [-0.3, -0.25) is 14.2 Å². The van der Waals surface area contributed by atoms with E-state index in [9.17, 15) is 4.79 Å². The summed E-state index contributed by atoms with van der Waals surface area (Å²) >= 11 is 13.6. The number of anilines is 2. The van der Waals surface area contributed by atoms with Gasteiger partial charge in [0.05, 0.1) is 66.3 Å². The van der Waals surface area contributed by atoms with Crippen LogP contribution in [0.4, 0.5) is 11.4 Å². The smallest absolute Gasteiger partial charge is 0.247 e. The third kappa shape index (κ3) is 5.93. The minimum absolute atomic E-state index is 0.152. The van der Waals surface area contributed by atoms with E-state index in [1.54, 1.807) is 19.4 Å². The van der Waals surface area contributed by atoms with Crippen LogP contribution >= 0.6 is 23.2 Å². The summed E-state index contributed by atoms with van der Waals surface area (Å²) in [6, 6.07) is 7.41. The number of morpholine rings is 1. The van der Waals surface area contributed by atoms with Gasteiger partial charge in [0, 0.05) is 54.3 Å². The maximum absolute atomic E-state index is 12.6. The van der Waals surface area contributed by atoms with E-state index in [1.807, 2.05) is 41.8 Å². The molecule has 2 bridgehead atoms. The van der Waals surface area contributed by atoms with E-state index in [0.717, 1.165) is 42.9 Å². The number of methoxy groups -OCH3 is 3. The second kappa shape index (κ2) is 13.3. The van der Waals surface area contributed by atoms with Crippen LogP contribution in [0.25, 0.3) is 28.5 Å². The molecule has 244 valence electrons. The van der Waals surface area contributed by atoms with Gasteiger partial charge in [0.25, 0.3) is 0 Å². The molecule has 4 aromatic rings. The number of hydrogen-bond acceptors (Lipinski definition) is 8. The molecule has 47 heavy (non-hydrogen) atoms. The number of benzene rings is 2. The van der Waals surface area contributed by atoms with Gasteiger partial charge in [-0.25, -0.2) is 4.98 Å². The Morgan fingerprint density at radius 1 is 1.04 bits per heavy atom. The van der Waals surface area contributed by atoms with Crippen molar-refractivity contribution in [3.8, 4) is 28.4 Å². The van der Waals surface area contributed by atoms with Gasteiger partial charge in [0.2, 0.25) is 5.91 Å². The van der Waals surface area contributed by atoms with Crippen molar-refractivity contribution in [2.75, 3.05) is 44.6 Å². The molecule has 2 aliphatic rings. The molecule has 1 N–H and O–H groups in total. The van der Waals surface area contributed by atoms with Gasteiger partial charge >= 0.3 is 0 Å². The van der Waals surface area contributed by atoms with Crippen LogP contribution in [0.1, 0.15) is 29.7 Å². The van der Waals surface area contributed by atoms with Crippen molar-refractivity contribution in [2.24, 2.45) is 4.99 Å². The summed E-state index contributed by atoms with van der Waals surface area (Å²) in [6.45, 7) is 10.9. The molecule has 12 heteroatoms. The summed E-state index contributed by atoms with van der Waals surface area (Å²) in [5, 5.41) is 3.67. The molecule has 4 heterocycles. The van der Waals surface area contributed by atoms with Crippen molar-refractivity contribution in [3.05, 3.63) is 76.2 Å². The Morgan fingerprint density at radius 3 is 2.30 bits per heavy atom. The number of aliphatic imine (C=N–C) groups is 1. The highest BCUT2D eigenvalue weighted by atomic mass is 35.5. The first-order valence-electron chi connectivity index (χ1n) is 15.0. The van der Waals surface area contributed by atoms with Crippen LogP contribution in [-0.2, 0) is 9.53 Å². The van der Waals surface area contributed by atoms with Crippen LogP contribution in [-0.4, -0.2) is 68.6 Å². The number of rotatable bonds is 10. The Morgan fingerprint density at radius 2 is 1.70 bits per heavy atom. The molecular formula is C35H35Cl2N5O5. The molecule has 2 saturated heterocycles. The molecule has 1 amide bonds. The summed E-state index contributed by atoms with van der Waals surface area (Å²) in [4.78, 5) is 23.9. The van der Waals surface area contributed by atoms with E-state index >= 15 is 0 Å². The molecule has 2 atom stereocenters. The number of imidazole rings is 1. The SMILES string of the molecule is C=CC(=O)Nc1cc(/C(=C/c2c(C)cc(-c3c(Cl)c(OC)cc(OC)c3Cl)c3nccn23)N=C)c(OC)cc1N1CC2CCC(C1)O2. The topological polar surface area (TPSA) is 98.9 Å². The summed E-state index contributed by atoms with van der Waals surface area (Å²) in [7, 11) is 4.68. The fraction of sp³-hybridized carbons (Fsp3) is 0.286. The number of aryl methyl sites for hydroxylation is 1. The average molecular weight is 677 g/mol.